The maximum Gasteiger partial charge on any atom is 0.280 e. The molecule has 0 atom stereocenters. The smallest absolute Gasteiger partial charge is 0.280 e. The van der Waals surface area contributed by atoms with Crippen LogP contribution >= 0.6 is 0 Å². The highest BCUT2D eigenvalue weighted by Crippen LogP contribution is 2.31. The summed E-state index contributed by atoms with van der Waals surface area (Å²) < 4.78 is 5.61. The first-order chi connectivity index (χ1) is 12.5. The largest absolute Gasteiger partial charge is 0.456 e. The van der Waals surface area contributed by atoms with E-state index in [-0.39, 0.29) is 11.6 Å². The lowest BCUT2D eigenvalue weighted by atomic mass is 10.1. The Morgan fingerprint density at radius 2 is 1.92 bits per heavy atom. The topological polar surface area (TPSA) is 85.4 Å². The van der Waals surface area contributed by atoms with Crippen molar-refractivity contribution in [2.75, 3.05) is 5.32 Å². The molecule has 1 N–H and O–H groups in total. The van der Waals surface area contributed by atoms with Crippen molar-refractivity contribution in [3.05, 3.63) is 88.2 Å². The van der Waals surface area contributed by atoms with Gasteiger partial charge >= 0.3 is 0 Å². The highest BCUT2D eigenvalue weighted by molar-refractivity contribution is 6.01. The Bertz CT molecular complexity index is 989. The molecule has 130 valence electrons. The summed E-state index contributed by atoms with van der Waals surface area (Å²) >= 11 is 0. The Kier molecular flexibility index (Phi) is 4.94. The second-order valence-corrected chi connectivity index (χ2v) is 5.67. The number of nitro groups is 1. The molecule has 1 amide bonds. The van der Waals surface area contributed by atoms with Crippen molar-refractivity contribution in [3.8, 4) is 11.3 Å². The fourth-order valence-corrected chi connectivity index (χ4v) is 2.49. The van der Waals surface area contributed by atoms with Gasteiger partial charge in [0.05, 0.1) is 10.5 Å². The van der Waals surface area contributed by atoms with Gasteiger partial charge in [0.15, 0.2) is 0 Å². The normalized spacial score (nSPS) is 10.8. The molecule has 3 aromatic rings. The molecule has 0 saturated carbocycles. The second kappa shape index (κ2) is 7.48. The van der Waals surface area contributed by atoms with E-state index < -0.39 is 4.92 Å². The minimum atomic E-state index is -0.456. The highest BCUT2D eigenvalue weighted by atomic mass is 16.6. The Morgan fingerprint density at radius 1 is 1.12 bits per heavy atom. The van der Waals surface area contributed by atoms with Crippen LogP contribution in [0.25, 0.3) is 17.4 Å². The number of carbonyl (C=O) groups excluding carboxylic acids is 1. The molecule has 0 radical (unpaired) electrons. The third-order valence-electron chi connectivity index (χ3n) is 3.68. The van der Waals surface area contributed by atoms with Gasteiger partial charge in [-0.15, -0.1) is 0 Å². The number of nitrogens with zero attached hydrogens (tertiary/aromatic N) is 1. The lowest BCUT2D eigenvalue weighted by molar-refractivity contribution is -0.384. The summed E-state index contributed by atoms with van der Waals surface area (Å²) in [5.41, 5.74) is 2.11. The van der Waals surface area contributed by atoms with E-state index >= 15 is 0 Å². The second-order valence-electron chi connectivity index (χ2n) is 5.67. The molecule has 2 aromatic carbocycles. The van der Waals surface area contributed by atoms with Crippen LogP contribution in [0.5, 0.6) is 0 Å². The summed E-state index contributed by atoms with van der Waals surface area (Å²) in [6.07, 6.45) is 2.87. The molecular weight excluding hydrogens is 332 g/mol. The Morgan fingerprint density at radius 3 is 2.69 bits per heavy atom. The van der Waals surface area contributed by atoms with Gasteiger partial charge in [-0.25, -0.2) is 0 Å². The number of furan rings is 1. The van der Waals surface area contributed by atoms with Crippen LogP contribution in [0.1, 0.15) is 11.3 Å². The quantitative estimate of drug-likeness (QED) is 0.407. The number of rotatable bonds is 5. The van der Waals surface area contributed by atoms with Gasteiger partial charge in [0, 0.05) is 17.8 Å². The number of anilines is 1. The number of carbonyl (C=O) groups is 1. The van der Waals surface area contributed by atoms with Gasteiger partial charge < -0.3 is 9.73 Å². The summed E-state index contributed by atoms with van der Waals surface area (Å²) in [5, 5.41) is 13.9. The Hall–Kier alpha value is -3.67. The number of hydrogen-bond acceptors (Lipinski definition) is 4. The number of nitro benzene ring substituents is 1. The first-order valence-electron chi connectivity index (χ1n) is 7.92. The standard InChI is InChI=1S/C20H16N2O4/c1-14-5-4-6-15(13-14)21-20(23)12-10-16-9-11-19(26-16)17-7-2-3-8-18(17)22(24)25/h2-13H,1H3,(H,21,23)/b12-10+. The summed E-state index contributed by atoms with van der Waals surface area (Å²) in [5.74, 6) is 0.507. The van der Waals surface area contributed by atoms with Gasteiger partial charge in [-0.1, -0.05) is 24.3 Å². The number of benzene rings is 2. The van der Waals surface area contributed by atoms with E-state index in [4.69, 9.17) is 4.42 Å². The molecule has 0 fully saturated rings. The van der Waals surface area contributed by atoms with Crippen molar-refractivity contribution in [1.29, 1.82) is 0 Å². The van der Waals surface area contributed by atoms with Gasteiger partial charge in [-0.3, -0.25) is 14.9 Å². The average molecular weight is 348 g/mol. The molecule has 0 unspecified atom stereocenters. The van der Waals surface area contributed by atoms with E-state index in [1.165, 1.54) is 18.2 Å². The van der Waals surface area contributed by atoms with Gasteiger partial charge in [0.25, 0.3) is 5.69 Å². The van der Waals surface area contributed by atoms with E-state index in [1.54, 1.807) is 36.4 Å². The minimum absolute atomic E-state index is 0.0328. The number of nitrogens with one attached hydrogen (secondary N) is 1. The Balaban J connectivity index is 1.73. The van der Waals surface area contributed by atoms with Gasteiger partial charge in [0.2, 0.25) is 5.91 Å². The van der Waals surface area contributed by atoms with Crippen molar-refractivity contribution < 1.29 is 14.1 Å². The van der Waals surface area contributed by atoms with Gasteiger partial charge in [-0.2, -0.15) is 0 Å². The van der Waals surface area contributed by atoms with Crippen molar-refractivity contribution in [2.24, 2.45) is 0 Å². The SMILES string of the molecule is Cc1cccc(NC(=O)/C=C/c2ccc(-c3ccccc3[N+](=O)[O-])o2)c1. The predicted octanol–water partition coefficient (Wildman–Crippen LogP) is 4.82. The van der Waals surface area contributed by atoms with Gasteiger partial charge in [0.1, 0.15) is 11.5 Å². The maximum absolute atomic E-state index is 12.0. The highest BCUT2D eigenvalue weighted by Gasteiger charge is 2.16. The molecule has 0 aliphatic carbocycles. The molecular formula is C20H16N2O4. The van der Waals surface area contributed by atoms with E-state index in [2.05, 4.69) is 5.32 Å². The summed E-state index contributed by atoms with van der Waals surface area (Å²) in [6.45, 7) is 1.94. The molecule has 0 saturated heterocycles. The van der Waals surface area contributed by atoms with Crippen LogP contribution < -0.4 is 5.32 Å². The Labute approximate surface area is 149 Å². The first-order valence-corrected chi connectivity index (χ1v) is 7.92. The third-order valence-corrected chi connectivity index (χ3v) is 3.68. The predicted molar refractivity (Wildman–Crippen MR) is 99.6 cm³/mol. The van der Waals surface area contributed by atoms with Crippen molar-refractivity contribution in [1.82, 2.24) is 0 Å². The van der Waals surface area contributed by atoms with Crippen LogP contribution in [0.3, 0.4) is 0 Å². The molecule has 26 heavy (non-hydrogen) atoms. The minimum Gasteiger partial charge on any atom is -0.456 e. The van der Waals surface area contributed by atoms with E-state index in [1.807, 2.05) is 25.1 Å². The molecule has 0 aliphatic heterocycles. The van der Waals surface area contributed by atoms with Gasteiger partial charge in [-0.05, 0) is 48.9 Å². The monoisotopic (exact) mass is 348 g/mol. The van der Waals surface area contributed by atoms with Crippen molar-refractivity contribution >= 4 is 23.4 Å². The molecule has 3 rings (SSSR count). The molecule has 6 nitrogen and oxygen atoms in total. The first kappa shape index (κ1) is 17.2. The van der Waals surface area contributed by atoms with Crippen LogP contribution in [0.2, 0.25) is 0 Å². The van der Waals surface area contributed by atoms with E-state index in [0.29, 0.717) is 22.8 Å². The lowest BCUT2D eigenvalue weighted by Crippen LogP contribution is -2.07. The number of aryl methyl sites for hydroxylation is 1. The fourth-order valence-electron chi connectivity index (χ4n) is 2.49. The summed E-state index contributed by atoms with van der Waals surface area (Å²) in [4.78, 5) is 22.6. The molecule has 1 aromatic heterocycles. The number of para-hydroxylation sites is 1. The number of hydrogen-bond donors (Lipinski definition) is 1. The molecule has 0 aliphatic rings. The van der Waals surface area contributed by atoms with Crippen molar-refractivity contribution in [2.45, 2.75) is 6.92 Å². The number of amides is 1. The summed E-state index contributed by atoms with van der Waals surface area (Å²) in [7, 11) is 0. The van der Waals surface area contributed by atoms with Crippen LogP contribution in [-0.2, 0) is 4.79 Å². The molecule has 0 spiro atoms. The fraction of sp³-hybridized carbons (Fsp3) is 0.0500. The zero-order valence-corrected chi connectivity index (χ0v) is 14.0. The van der Waals surface area contributed by atoms with Crippen LogP contribution in [0.4, 0.5) is 11.4 Å². The van der Waals surface area contributed by atoms with Crippen LogP contribution in [-0.4, -0.2) is 10.8 Å². The average Bonchev–Trinajstić information content (AvgIpc) is 3.09. The van der Waals surface area contributed by atoms with Crippen LogP contribution in [0.15, 0.2) is 71.2 Å². The maximum atomic E-state index is 12.0. The zero-order valence-electron chi connectivity index (χ0n) is 14.0. The lowest BCUT2D eigenvalue weighted by Gasteiger charge is -2.02. The molecule has 6 heteroatoms. The molecule has 1 heterocycles. The zero-order chi connectivity index (χ0) is 18.5. The van der Waals surface area contributed by atoms with E-state index in [9.17, 15) is 14.9 Å². The van der Waals surface area contributed by atoms with E-state index in [0.717, 1.165) is 5.56 Å². The van der Waals surface area contributed by atoms with Crippen molar-refractivity contribution in [3.63, 3.8) is 0 Å². The summed E-state index contributed by atoms with van der Waals surface area (Å²) in [6, 6.07) is 17.1. The molecule has 0 bridgehead atoms. The third kappa shape index (κ3) is 4.05. The van der Waals surface area contributed by atoms with Crippen LogP contribution in [0, 0.1) is 17.0 Å².